The van der Waals surface area contributed by atoms with Crippen LogP contribution in [0, 0.1) is 5.82 Å². The van der Waals surface area contributed by atoms with Gasteiger partial charge in [0.2, 0.25) is 0 Å². The molecule has 0 bridgehead atoms. The molecule has 0 aliphatic carbocycles. The fourth-order valence-corrected chi connectivity index (χ4v) is 4.43. The molecule has 1 aromatic rings. The highest BCUT2D eigenvalue weighted by Crippen LogP contribution is 2.37. The molecule has 0 amide bonds. The van der Waals surface area contributed by atoms with Gasteiger partial charge >= 0.3 is 5.97 Å². The number of piperidine rings is 1. The van der Waals surface area contributed by atoms with Gasteiger partial charge in [-0.05, 0) is 48.8 Å². The monoisotopic (exact) mass is 338 g/mol. The second-order valence-corrected chi connectivity index (χ2v) is 7.30. The van der Waals surface area contributed by atoms with Crippen molar-refractivity contribution in [3.63, 3.8) is 0 Å². The van der Waals surface area contributed by atoms with Crippen molar-refractivity contribution in [1.82, 2.24) is 10.2 Å². The lowest BCUT2D eigenvalue weighted by atomic mass is 9.98. The molecule has 1 fully saturated rings. The van der Waals surface area contributed by atoms with Crippen molar-refractivity contribution in [3.8, 4) is 0 Å². The largest absolute Gasteiger partial charge is 0.468 e. The Labute approximate surface area is 140 Å². The Morgan fingerprint density at radius 1 is 1.39 bits per heavy atom. The molecule has 1 unspecified atom stereocenters. The van der Waals surface area contributed by atoms with E-state index >= 15 is 0 Å². The number of hydrogen-bond donors (Lipinski definition) is 1. The second kappa shape index (κ2) is 7.64. The predicted molar refractivity (Wildman–Crippen MR) is 89.1 cm³/mol. The van der Waals surface area contributed by atoms with Gasteiger partial charge < -0.3 is 10.1 Å². The van der Waals surface area contributed by atoms with E-state index < -0.39 is 0 Å². The van der Waals surface area contributed by atoms with E-state index in [9.17, 15) is 9.18 Å². The van der Waals surface area contributed by atoms with Crippen LogP contribution in [0.25, 0.3) is 0 Å². The standard InChI is InChI=1S/C17H23FN2O2S/c1-22-17(21)11-20-7-4-13(5-8-20)19-15-6-9-23-16-3-2-12(18)10-14(15)16/h2-3,10,13,15,19H,4-9,11H2,1H3. The number of nitrogens with zero attached hydrogens (tertiary/aromatic N) is 1. The van der Waals surface area contributed by atoms with Gasteiger partial charge in [-0.1, -0.05) is 0 Å². The van der Waals surface area contributed by atoms with E-state index in [-0.39, 0.29) is 17.8 Å². The molecule has 2 aliphatic rings. The lowest BCUT2D eigenvalue weighted by molar-refractivity contribution is -0.142. The summed E-state index contributed by atoms with van der Waals surface area (Å²) in [6.07, 6.45) is 3.04. The highest BCUT2D eigenvalue weighted by molar-refractivity contribution is 7.99. The van der Waals surface area contributed by atoms with Crippen molar-refractivity contribution in [2.45, 2.75) is 36.2 Å². The summed E-state index contributed by atoms with van der Waals surface area (Å²) in [5.41, 5.74) is 1.10. The van der Waals surface area contributed by atoms with Crippen LogP contribution < -0.4 is 5.32 Å². The highest BCUT2D eigenvalue weighted by Gasteiger charge is 2.26. The van der Waals surface area contributed by atoms with Gasteiger partial charge in [-0.2, -0.15) is 0 Å². The topological polar surface area (TPSA) is 41.6 Å². The van der Waals surface area contributed by atoms with Crippen molar-refractivity contribution in [3.05, 3.63) is 29.6 Å². The number of halogens is 1. The molecule has 4 nitrogen and oxygen atoms in total. The summed E-state index contributed by atoms with van der Waals surface area (Å²) < 4.78 is 18.3. The van der Waals surface area contributed by atoms with Crippen LogP contribution in [0.1, 0.15) is 30.9 Å². The molecule has 3 rings (SSSR count). The number of esters is 1. The van der Waals surface area contributed by atoms with E-state index in [1.807, 2.05) is 6.07 Å². The Morgan fingerprint density at radius 3 is 2.91 bits per heavy atom. The van der Waals surface area contributed by atoms with Gasteiger partial charge in [-0.15, -0.1) is 11.8 Å². The van der Waals surface area contributed by atoms with Crippen LogP contribution in [0.2, 0.25) is 0 Å². The van der Waals surface area contributed by atoms with Crippen LogP contribution in [0.15, 0.2) is 23.1 Å². The number of carbonyl (C=O) groups excluding carboxylic acids is 1. The minimum absolute atomic E-state index is 0.161. The maximum absolute atomic E-state index is 13.6. The number of fused-ring (bicyclic) bond motifs is 1. The Balaban J connectivity index is 1.56. The van der Waals surface area contributed by atoms with Gasteiger partial charge in [-0.3, -0.25) is 9.69 Å². The zero-order valence-electron chi connectivity index (χ0n) is 13.4. The highest BCUT2D eigenvalue weighted by atomic mass is 32.2. The minimum atomic E-state index is -0.176. The first-order valence-corrected chi connectivity index (χ1v) is 9.11. The minimum Gasteiger partial charge on any atom is -0.468 e. The number of thioether (sulfide) groups is 1. The van der Waals surface area contributed by atoms with Crippen molar-refractivity contribution < 1.29 is 13.9 Å². The van der Waals surface area contributed by atoms with Crippen molar-refractivity contribution in [2.75, 3.05) is 32.5 Å². The van der Waals surface area contributed by atoms with Crippen LogP contribution in [-0.2, 0) is 9.53 Å². The van der Waals surface area contributed by atoms with Gasteiger partial charge in [0.1, 0.15) is 5.82 Å². The number of carbonyl (C=O) groups is 1. The molecule has 23 heavy (non-hydrogen) atoms. The van der Waals surface area contributed by atoms with E-state index in [1.54, 1.807) is 23.9 Å². The smallest absolute Gasteiger partial charge is 0.319 e. The van der Waals surface area contributed by atoms with Crippen LogP contribution in [0.5, 0.6) is 0 Å². The number of ether oxygens (including phenoxy) is 1. The van der Waals surface area contributed by atoms with E-state index in [0.717, 1.165) is 43.7 Å². The molecule has 1 N–H and O–H groups in total. The summed E-state index contributed by atoms with van der Waals surface area (Å²) in [7, 11) is 1.42. The first-order chi connectivity index (χ1) is 11.2. The number of nitrogens with one attached hydrogen (secondary N) is 1. The van der Waals surface area contributed by atoms with E-state index in [1.165, 1.54) is 12.0 Å². The number of rotatable bonds is 4. The zero-order valence-corrected chi connectivity index (χ0v) is 14.2. The lowest BCUT2D eigenvalue weighted by Gasteiger charge is -2.35. The van der Waals surface area contributed by atoms with Crippen LogP contribution in [-0.4, -0.2) is 49.4 Å². The molecule has 0 radical (unpaired) electrons. The molecular formula is C17H23FN2O2S. The third-order valence-electron chi connectivity index (χ3n) is 4.62. The second-order valence-electron chi connectivity index (χ2n) is 6.17. The average molecular weight is 338 g/mol. The average Bonchev–Trinajstić information content (AvgIpc) is 2.57. The first-order valence-electron chi connectivity index (χ1n) is 8.13. The number of benzene rings is 1. The fourth-order valence-electron chi connectivity index (χ4n) is 3.33. The molecule has 1 aromatic carbocycles. The molecule has 0 aromatic heterocycles. The number of methoxy groups -OCH3 is 1. The van der Waals surface area contributed by atoms with Crippen molar-refractivity contribution in [2.24, 2.45) is 0 Å². The van der Waals surface area contributed by atoms with Crippen LogP contribution >= 0.6 is 11.8 Å². The lowest BCUT2D eigenvalue weighted by Crippen LogP contribution is -2.45. The summed E-state index contributed by atoms with van der Waals surface area (Å²) in [6.45, 7) is 2.16. The van der Waals surface area contributed by atoms with Gasteiger partial charge in [0.25, 0.3) is 0 Å². The third kappa shape index (κ3) is 4.25. The third-order valence-corrected chi connectivity index (χ3v) is 5.74. The predicted octanol–water partition coefficient (Wildman–Crippen LogP) is 2.59. The molecule has 0 saturated carbocycles. The molecule has 6 heteroatoms. The van der Waals surface area contributed by atoms with Gasteiger partial charge in [0, 0.05) is 30.1 Å². The van der Waals surface area contributed by atoms with E-state index in [2.05, 4.69) is 10.2 Å². The molecule has 1 saturated heterocycles. The fraction of sp³-hybridized carbons (Fsp3) is 0.588. The Bertz CT molecular complexity index is 562. The van der Waals surface area contributed by atoms with Gasteiger partial charge in [0.15, 0.2) is 0 Å². The van der Waals surface area contributed by atoms with Gasteiger partial charge in [0.05, 0.1) is 13.7 Å². The summed E-state index contributed by atoms with van der Waals surface area (Å²) >= 11 is 1.81. The summed E-state index contributed by atoms with van der Waals surface area (Å²) in [5, 5.41) is 3.71. The molecule has 1 atom stereocenters. The zero-order chi connectivity index (χ0) is 16.2. The Morgan fingerprint density at radius 2 is 2.17 bits per heavy atom. The summed E-state index contributed by atoms with van der Waals surface area (Å²) in [5.74, 6) is 0.730. The molecule has 126 valence electrons. The molecule has 2 aliphatic heterocycles. The van der Waals surface area contributed by atoms with Crippen molar-refractivity contribution >= 4 is 17.7 Å². The van der Waals surface area contributed by atoms with Gasteiger partial charge in [-0.25, -0.2) is 4.39 Å². The Hall–Kier alpha value is -1.11. The molecule has 0 spiro atoms. The first kappa shape index (κ1) is 16.7. The quantitative estimate of drug-likeness (QED) is 0.855. The Kier molecular flexibility index (Phi) is 5.56. The van der Waals surface area contributed by atoms with Crippen LogP contribution in [0.3, 0.4) is 0 Å². The maximum Gasteiger partial charge on any atom is 0.319 e. The van der Waals surface area contributed by atoms with Crippen molar-refractivity contribution in [1.29, 1.82) is 0 Å². The summed E-state index contributed by atoms with van der Waals surface area (Å²) in [6, 6.07) is 5.76. The number of likely N-dealkylation sites (tertiary alicyclic amines) is 1. The maximum atomic E-state index is 13.6. The molecular weight excluding hydrogens is 315 g/mol. The van der Waals surface area contributed by atoms with E-state index in [4.69, 9.17) is 4.74 Å². The van der Waals surface area contributed by atoms with E-state index in [0.29, 0.717) is 12.6 Å². The summed E-state index contributed by atoms with van der Waals surface area (Å²) in [4.78, 5) is 14.7. The SMILES string of the molecule is COC(=O)CN1CCC(NC2CCSc3ccc(F)cc32)CC1. The molecule has 2 heterocycles. The normalized spacial score (nSPS) is 22.6. The number of hydrogen-bond acceptors (Lipinski definition) is 5. The van der Waals surface area contributed by atoms with Crippen LogP contribution in [0.4, 0.5) is 4.39 Å².